The van der Waals surface area contributed by atoms with Gasteiger partial charge in [-0.25, -0.2) is 4.57 Å². The van der Waals surface area contributed by atoms with Crippen LogP contribution in [-0.4, -0.2) is 49.9 Å². The number of ether oxygens (including phenoxy) is 2. The number of phosphoric acid groups is 1. The Morgan fingerprint density at radius 2 is 0.930 bits per heavy atom. The van der Waals surface area contributed by atoms with Gasteiger partial charge in [0.1, 0.15) is 6.10 Å². The van der Waals surface area contributed by atoms with Crippen molar-refractivity contribution in [2.45, 2.75) is 232 Å². The summed E-state index contributed by atoms with van der Waals surface area (Å²) in [5, 5.41) is 0. The Labute approximate surface area is 352 Å². The van der Waals surface area contributed by atoms with E-state index in [0.29, 0.717) is 13.0 Å². The topological polar surface area (TPSA) is 117 Å². The second-order valence-electron chi connectivity index (χ2n) is 16.0. The highest BCUT2D eigenvalue weighted by atomic mass is 31.2. The summed E-state index contributed by atoms with van der Waals surface area (Å²) in [5.41, 5.74) is 5.38. The van der Waals surface area contributed by atoms with Gasteiger partial charge in [0.2, 0.25) is 0 Å². The molecular formula is C48H92NO7P. The maximum absolute atomic E-state index is 12.6. The lowest BCUT2D eigenvalue weighted by molar-refractivity contribution is -0.154. The van der Waals surface area contributed by atoms with E-state index in [-0.39, 0.29) is 32.3 Å². The van der Waals surface area contributed by atoms with E-state index >= 15 is 0 Å². The van der Waals surface area contributed by atoms with Gasteiger partial charge in [-0.15, -0.1) is 0 Å². The number of esters is 1. The lowest BCUT2D eigenvalue weighted by Crippen LogP contribution is -2.28. The van der Waals surface area contributed by atoms with Crippen molar-refractivity contribution in [2.75, 3.05) is 33.0 Å². The summed E-state index contributed by atoms with van der Waals surface area (Å²) in [4.78, 5) is 22.5. The summed E-state index contributed by atoms with van der Waals surface area (Å²) < 4.78 is 33.5. The fourth-order valence-electron chi connectivity index (χ4n) is 6.73. The van der Waals surface area contributed by atoms with Crippen molar-refractivity contribution in [3.05, 3.63) is 36.5 Å². The van der Waals surface area contributed by atoms with Gasteiger partial charge in [-0.3, -0.25) is 13.8 Å². The monoisotopic (exact) mass is 826 g/mol. The Kier molecular flexibility index (Phi) is 44.8. The normalized spacial score (nSPS) is 13.7. The molecule has 0 amide bonds. The largest absolute Gasteiger partial charge is 0.472 e. The van der Waals surface area contributed by atoms with Gasteiger partial charge in [-0.05, 0) is 70.6 Å². The van der Waals surface area contributed by atoms with Crippen LogP contribution in [0.15, 0.2) is 36.5 Å². The fourth-order valence-corrected chi connectivity index (χ4v) is 7.49. The number of carbonyl (C=O) groups is 1. The number of nitrogens with two attached hydrogens (primary N) is 1. The SMILES string of the molecule is CCCCCCC/C=C\C/C=C\CCCCCCCCCCCCCC(=O)OC(COCCCCCCCC/C=C\CCCCCCC)COP(=O)(O)OCCN. The summed E-state index contributed by atoms with van der Waals surface area (Å²) in [6, 6.07) is 0. The molecule has 9 heteroatoms. The van der Waals surface area contributed by atoms with E-state index < -0.39 is 13.9 Å². The van der Waals surface area contributed by atoms with Crippen LogP contribution >= 0.6 is 7.82 Å². The van der Waals surface area contributed by atoms with Crippen LogP contribution < -0.4 is 5.73 Å². The first kappa shape index (κ1) is 55.7. The van der Waals surface area contributed by atoms with Crippen molar-refractivity contribution >= 4 is 13.8 Å². The van der Waals surface area contributed by atoms with Crippen LogP contribution in [0, 0.1) is 0 Å². The standard InChI is InChI=1S/C48H92NO7P/c1-3-5-7-9-11-13-15-17-19-20-21-22-23-24-25-26-27-29-31-33-35-37-39-41-48(50)56-47(46-55-57(51,52)54-44-42-49)45-53-43-40-38-36-34-32-30-28-18-16-14-12-10-8-6-4-2/h15-18,20-21,47H,3-14,19,22-46,49H2,1-2H3,(H,51,52)/b17-15-,18-16-,21-20-. The fraction of sp³-hybridized carbons (Fsp3) is 0.854. The molecule has 0 aromatic heterocycles. The van der Waals surface area contributed by atoms with Gasteiger partial charge in [0.25, 0.3) is 0 Å². The Hall–Kier alpha value is -1.28. The maximum Gasteiger partial charge on any atom is 0.472 e. The van der Waals surface area contributed by atoms with Crippen LogP contribution in [0.3, 0.4) is 0 Å². The molecule has 57 heavy (non-hydrogen) atoms. The van der Waals surface area contributed by atoms with Gasteiger partial charge in [-0.1, -0.05) is 185 Å². The second kappa shape index (κ2) is 45.8. The summed E-state index contributed by atoms with van der Waals surface area (Å²) in [6.07, 6.45) is 53.1. The molecule has 8 nitrogen and oxygen atoms in total. The number of phosphoric ester groups is 1. The van der Waals surface area contributed by atoms with Crippen molar-refractivity contribution in [3.8, 4) is 0 Å². The molecule has 0 rings (SSSR count). The molecule has 0 saturated heterocycles. The zero-order valence-electron chi connectivity index (χ0n) is 37.3. The van der Waals surface area contributed by atoms with Gasteiger partial charge < -0.3 is 20.1 Å². The number of unbranched alkanes of at least 4 members (excludes halogenated alkanes) is 27. The van der Waals surface area contributed by atoms with Crippen molar-refractivity contribution in [3.63, 3.8) is 0 Å². The van der Waals surface area contributed by atoms with Crippen molar-refractivity contribution in [1.29, 1.82) is 0 Å². The zero-order valence-corrected chi connectivity index (χ0v) is 38.2. The molecule has 0 aliphatic heterocycles. The lowest BCUT2D eigenvalue weighted by Gasteiger charge is -2.20. The van der Waals surface area contributed by atoms with Gasteiger partial charge in [0.15, 0.2) is 0 Å². The van der Waals surface area contributed by atoms with E-state index in [4.69, 9.17) is 24.3 Å². The van der Waals surface area contributed by atoms with Crippen LogP contribution in [0.1, 0.15) is 226 Å². The first-order valence-corrected chi connectivity index (χ1v) is 25.5. The third-order valence-electron chi connectivity index (χ3n) is 10.3. The average Bonchev–Trinajstić information content (AvgIpc) is 3.20. The Balaban J connectivity index is 3.95. The number of hydrogen-bond donors (Lipinski definition) is 2. The molecule has 2 unspecified atom stereocenters. The van der Waals surface area contributed by atoms with E-state index in [9.17, 15) is 14.3 Å². The summed E-state index contributed by atoms with van der Waals surface area (Å²) in [6.45, 7) is 4.91. The molecule has 0 fully saturated rings. The molecule has 0 saturated carbocycles. The molecule has 0 aromatic rings. The lowest BCUT2D eigenvalue weighted by atomic mass is 10.0. The summed E-state index contributed by atoms with van der Waals surface area (Å²) in [7, 11) is -4.28. The van der Waals surface area contributed by atoms with Crippen molar-refractivity contribution in [1.82, 2.24) is 0 Å². The quantitative estimate of drug-likeness (QED) is 0.0270. The second-order valence-corrected chi connectivity index (χ2v) is 17.4. The molecule has 0 radical (unpaired) electrons. The third-order valence-corrected chi connectivity index (χ3v) is 11.3. The van der Waals surface area contributed by atoms with Gasteiger partial charge in [0, 0.05) is 19.6 Å². The summed E-state index contributed by atoms with van der Waals surface area (Å²) in [5.74, 6) is -0.333. The molecule has 0 heterocycles. The van der Waals surface area contributed by atoms with Crippen LogP contribution in [0.5, 0.6) is 0 Å². The van der Waals surface area contributed by atoms with Crippen LogP contribution in [0.2, 0.25) is 0 Å². The number of carbonyl (C=O) groups excluding carboxylic acids is 1. The van der Waals surface area contributed by atoms with Crippen LogP contribution in [0.4, 0.5) is 0 Å². The van der Waals surface area contributed by atoms with E-state index in [1.165, 1.54) is 167 Å². The van der Waals surface area contributed by atoms with Crippen LogP contribution in [0.25, 0.3) is 0 Å². The zero-order chi connectivity index (χ0) is 41.6. The average molecular weight is 826 g/mol. The highest BCUT2D eigenvalue weighted by Crippen LogP contribution is 2.43. The van der Waals surface area contributed by atoms with Crippen LogP contribution in [-0.2, 0) is 27.9 Å². The van der Waals surface area contributed by atoms with Crippen molar-refractivity contribution < 1.29 is 32.8 Å². The predicted molar refractivity (Wildman–Crippen MR) is 243 cm³/mol. The minimum Gasteiger partial charge on any atom is -0.457 e. The number of rotatable bonds is 46. The van der Waals surface area contributed by atoms with Gasteiger partial charge in [0.05, 0.1) is 19.8 Å². The molecule has 336 valence electrons. The van der Waals surface area contributed by atoms with E-state index in [2.05, 4.69) is 50.3 Å². The highest BCUT2D eigenvalue weighted by molar-refractivity contribution is 7.47. The smallest absolute Gasteiger partial charge is 0.457 e. The molecule has 0 aromatic carbocycles. The molecule has 0 aliphatic carbocycles. The third kappa shape index (κ3) is 45.7. The first-order chi connectivity index (χ1) is 27.9. The number of allylic oxidation sites excluding steroid dienone is 6. The van der Waals surface area contributed by atoms with Gasteiger partial charge in [-0.2, -0.15) is 0 Å². The van der Waals surface area contributed by atoms with E-state index in [1.54, 1.807) is 0 Å². The number of hydrogen-bond acceptors (Lipinski definition) is 7. The Bertz CT molecular complexity index is 972. The molecule has 2 atom stereocenters. The first-order valence-electron chi connectivity index (χ1n) is 24.0. The molecule has 0 aliphatic rings. The molecular weight excluding hydrogens is 734 g/mol. The Morgan fingerprint density at radius 3 is 1.39 bits per heavy atom. The van der Waals surface area contributed by atoms with Gasteiger partial charge >= 0.3 is 13.8 Å². The predicted octanol–water partition coefficient (Wildman–Crippen LogP) is 14.6. The molecule has 0 bridgehead atoms. The highest BCUT2D eigenvalue weighted by Gasteiger charge is 2.25. The Morgan fingerprint density at radius 1 is 0.526 bits per heavy atom. The maximum atomic E-state index is 12.6. The minimum absolute atomic E-state index is 0.0966. The van der Waals surface area contributed by atoms with E-state index in [1.807, 2.05) is 0 Å². The van der Waals surface area contributed by atoms with Crippen molar-refractivity contribution in [2.24, 2.45) is 5.73 Å². The molecule has 0 spiro atoms. The molecule has 3 N–H and O–H groups in total. The minimum atomic E-state index is -4.28. The van der Waals surface area contributed by atoms with E-state index in [0.717, 1.165) is 38.5 Å². The summed E-state index contributed by atoms with van der Waals surface area (Å²) >= 11 is 0.